The Morgan fingerprint density at radius 2 is 1.65 bits per heavy atom. The number of esters is 3. The van der Waals surface area contributed by atoms with Gasteiger partial charge in [0.1, 0.15) is 18.3 Å². The van der Waals surface area contributed by atoms with E-state index in [0.717, 1.165) is 5.57 Å². The lowest BCUT2D eigenvalue weighted by Gasteiger charge is -2.43. The van der Waals surface area contributed by atoms with Crippen LogP contribution in [0.2, 0.25) is 0 Å². The lowest BCUT2D eigenvalue weighted by Crippen LogP contribution is -2.58. The maximum absolute atomic E-state index is 11.7. The summed E-state index contributed by atoms with van der Waals surface area (Å²) in [6, 6.07) is 0. The minimum atomic E-state index is -0.916. The summed E-state index contributed by atoms with van der Waals surface area (Å²) in [6.45, 7) is 13.4. The third-order valence-electron chi connectivity index (χ3n) is 4.09. The van der Waals surface area contributed by atoms with E-state index < -0.39 is 42.3 Å². The Morgan fingerprint density at radius 3 is 2.12 bits per heavy atom. The fourth-order valence-electron chi connectivity index (χ4n) is 3.01. The molecule has 0 amide bonds. The molecule has 0 saturated carbocycles. The molecule has 0 N–H and O–H groups in total. The summed E-state index contributed by atoms with van der Waals surface area (Å²) in [5.41, 5.74) is 0.738. The minimum absolute atomic E-state index is 0.210. The highest BCUT2D eigenvalue weighted by molar-refractivity contribution is 5.68. The summed E-state index contributed by atoms with van der Waals surface area (Å²) in [5.74, 6) is -1.87. The first-order valence-corrected chi connectivity index (χ1v) is 8.56. The third-order valence-corrected chi connectivity index (χ3v) is 4.09. The Balaban J connectivity index is 3.22. The molecule has 0 bridgehead atoms. The second-order valence-electron chi connectivity index (χ2n) is 6.41. The van der Waals surface area contributed by atoms with Gasteiger partial charge in [0.15, 0.2) is 6.10 Å². The average Bonchev–Trinajstić information content (AvgIpc) is 2.51. The zero-order valence-electron chi connectivity index (χ0n) is 15.9. The van der Waals surface area contributed by atoms with Crippen LogP contribution in [0.3, 0.4) is 0 Å². The van der Waals surface area contributed by atoms with E-state index in [2.05, 4.69) is 13.2 Å². The first kappa shape index (κ1) is 21.9. The smallest absolute Gasteiger partial charge is 0.303 e. The molecule has 0 spiro atoms. The van der Waals surface area contributed by atoms with Gasteiger partial charge in [-0.3, -0.25) is 14.4 Å². The van der Waals surface area contributed by atoms with Crippen molar-refractivity contribution in [1.29, 1.82) is 0 Å². The molecule has 1 rings (SSSR count). The van der Waals surface area contributed by atoms with Gasteiger partial charge < -0.3 is 18.9 Å². The highest BCUT2D eigenvalue weighted by Gasteiger charge is 2.48. The molecule has 1 heterocycles. The molecule has 5 atom stereocenters. The van der Waals surface area contributed by atoms with E-state index in [1.165, 1.54) is 20.8 Å². The monoisotopic (exact) mass is 368 g/mol. The summed E-state index contributed by atoms with van der Waals surface area (Å²) < 4.78 is 22.2. The van der Waals surface area contributed by atoms with Crippen LogP contribution in [0.25, 0.3) is 0 Å². The molecule has 0 aromatic rings. The molecule has 0 aliphatic carbocycles. The molecule has 1 aliphatic rings. The SMILES string of the molecule is C=CCC[C@@H](OC(C)=O)[C@@H]1OC[C@@H](C(=C)C)[C@H](OC(C)=O)[C@@H]1OC(C)=O. The van der Waals surface area contributed by atoms with Crippen LogP contribution in [0, 0.1) is 5.92 Å². The van der Waals surface area contributed by atoms with Gasteiger partial charge in [-0.15, -0.1) is 6.58 Å². The normalized spacial score (nSPS) is 26.3. The molecule has 1 saturated heterocycles. The molecule has 26 heavy (non-hydrogen) atoms. The van der Waals surface area contributed by atoms with Crippen molar-refractivity contribution in [3.63, 3.8) is 0 Å². The predicted octanol–water partition coefficient (Wildman–Crippen LogP) is 2.34. The van der Waals surface area contributed by atoms with E-state index in [4.69, 9.17) is 18.9 Å². The first-order valence-electron chi connectivity index (χ1n) is 8.56. The largest absolute Gasteiger partial charge is 0.460 e. The first-order chi connectivity index (χ1) is 12.2. The number of ether oxygens (including phenoxy) is 4. The average molecular weight is 368 g/mol. The van der Waals surface area contributed by atoms with Crippen LogP contribution >= 0.6 is 0 Å². The van der Waals surface area contributed by atoms with Gasteiger partial charge in [0, 0.05) is 26.7 Å². The van der Waals surface area contributed by atoms with Gasteiger partial charge in [-0.05, 0) is 19.8 Å². The summed E-state index contributed by atoms with van der Waals surface area (Å²) in [5, 5.41) is 0. The fourth-order valence-corrected chi connectivity index (χ4v) is 3.01. The standard InChI is InChI=1S/C19H28O7/c1-7-8-9-16(24-12(4)20)18-19(26-14(6)22)17(25-13(5)21)15(10-23-18)11(2)3/h7,15-19H,1-2,8-10H2,3-6H3/t15-,16+,17-,18-,19-/m0/s1. The van der Waals surface area contributed by atoms with Crippen molar-refractivity contribution in [3.8, 4) is 0 Å². The molecule has 1 fully saturated rings. The Hall–Kier alpha value is -2.15. The van der Waals surface area contributed by atoms with Crippen LogP contribution in [0.15, 0.2) is 24.8 Å². The lowest BCUT2D eigenvalue weighted by molar-refractivity contribution is -0.222. The maximum atomic E-state index is 11.7. The van der Waals surface area contributed by atoms with Gasteiger partial charge in [-0.1, -0.05) is 18.2 Å². The number of carbonyl (C=O) groups is 3. The molecule has 7 nitrogen and oxygen atoms in total. The van der Waals surface area contributed by atoms with Crippen LogP contribution in [-0.4, -0.2) is 48.9 Å². The highest BCUT2D eigenvalue weighted by atomic mass is 16.6. The van der Waals surface area contributed by atoms with Gasteiger partial charge >= 0.3 is 17.9 Å². The van der Waals surface area contributed by atoms with Crippen LogP contribution in [0.4, 0.5) is 0 Å². The van der Waals surface area contributed by atoms with E-state index in [1.807, 2.05) is 0 Å². The van der Waals surface area contributed by atoms with Gasteiger partial charge in [-0.2, -0.15) is 0 Å². The second-order valence-corrected chi connectivity index (χ2v) is 6.41. The highest BCUT2D eigenvalue weighted by Crippen LogP contribution is 2.33. The number of hydrogen-bond acceptors (Lipinski definition) is 7. The molecule has 0 radical (unpaired) electrons. The van der Waals surface area contributed by atoms with Crippen molar-refractivity contribution in [3.05, 3.63) is 24.8 Å². The van der Waals surface area contributed by atoms with Crippen LogP contribution in [0.1, 0.15) is 40.5 Å². The number of rotatable bonds is 8. The van der Waals surface area contributed by atoms with Crippen LogP contribution < -0.4 is 0 Å². The summed E-state index contributed by atoms with van der Waals surface area (Å²) >= 11 is 0. The van der Waals surface area contributed by atoms with Crippen molar-refractivity contribution in [2.24, 2.45) is 5.92 Å². The molecule has 0 unspecified atom stereocenters. The zero-order chi connectivity index (χ0) is 19.9. The quantitative estimate of drug-likeness (QED) is 0.369. The number of allylic oxidation sites excluding steroid dienone is 1. The van der Waals surface area contributed by atoms with E-state index in [0.29, 0.717) is 12.8 Å². The summed E-state index contributed by atoms with van der Waals surface area (Å²) in [7, 11) is 0. The molecule has 7 heteroatoms. The van der Waals surface area contributed by atoms with E-state index in [9.17, 15) is 14.4 Å². The Bertz CT molecular complexity index is 554. The van der Waals surface area contributed by atoms with E-state index >= 15 is 0 Å². The number of carbonyl (C=O) groups excluding carboxylic acids is 3. The Kier molecular flexibility index (Phi) is 8.51. The Labute approximate surface area is 154 Å². The van der Waals surface area contributed by atoms with Crippen molar-refractivity contribution >= 4 is 17.9 Å². The maximum Gasteiger partial charge on any atom is 0.303 e. The van der Waals surface area contributed by atoms with Gasteiger partial charge in [-0.25, -0.2) is 0 Å². The van der Waals surface area contributed by atoms with E-state index in [-0.39, 0.29) is 12.5 Å². The van der Waals surface area contributed by atoms with Crippen molar-refractivity contribution in [2.75, 3.05) is 6.61 Å². The fraction of sp³-hybridized carbons (Fsp3) is 0.632. The van der Waals surface area contributed by atoms with E-state index in [1.54, 1.807) is 13.0 Å². The minimum Gasteiger partial charge on any atom is -0.460 e. The topological polar surface area (TPSA) is 88.1 Å². The zero-order valence-corrected chi connectivity index (χ0v) is 15.9. The van der Waals surface area contributed by atoms with Gasteiger partial charge in [0.05, 0.1) is 6.61 Å². The molecule has 0 aromatic carbocycles. The molecular weight excluding hydrogens is 340 g/mol. The van der Waals surface area contributed by atoms with Crippen molar-refractivity contribution in [2.45, 2.75) is 65.0 Å². The van der Waals surface area contributed by atoms with Gasteiger partial charge in [0.25, 0.3) is 0 Å². The second kappa shape index (κ2) is 10.1. The van der Waals surface area contributed by atoms with Crippen LogP contribution in [-0.2, 0) is 33.3 Å². The molecule has 146 valence electrons. The molecule has 1 aliphatic heterocycles. The lowest BCUT2D eigenvalue weighted by atomic mass is 9.85. The van der Waals surface area contributed by atoms with Crippen molar-refractivity contribution in [1.82, 2.24) is 0 Å². The molecular formula is C19H28O7. The van der Waals surface area contributed by atoms with Crippen molar-refractivity contribution < 1.29 is 33.3 Å². The summed E-state index contributed by atoms with van der Waals surface area (Å²) in [4.78, 5) is 34.8. The third kappa shape index (κ3) is 6.29. The molecule has 0 aromatic heterocycles. The number of hydrogen-bond donors (Lipinski definition) is 0. The van der Waals surface area contributed by atoms with Crippen LogP contribution in [0.5, 0.6) is 0 Å². The van der Waals surface area contributed by atoms with Gasteiger partial charge in [0.2, 0.25) is 0 Å². The predicted molar refractivity (Wildman–Crippen MR) is 94.1 cm³/mol. The Morgan fingerprint density at radius 1 is 1.08 bits per heavy atom. The summed E-state index contributed by atoms with van der Waals surface area (Å²) in [6.07, 6.45) is -0.402.